The number of hydrogen-bond donors (Lipinski definition) is 1. The second kappa shape index (κ2) is 5.49. The van der Waals surface area contributed by atoms with Crippen molar-refractivity contribution in [1.29, 1.82) is 0 Å². The standard InChI is InChI=1S/C14H21BrN2/c1-3-17-13-4-5-14(2,8-13)7-11-6-12(15)10-16-9-11/h6,9-10,13,17H,3-5,7-8H2,1-2H3. The van der Waals surface area contributed by atoms with Gasteiger partial charge in [0.2, 0.25) is 0 Å². The van der Waals surface area contributed by atoms with Crippen LogP contribution in [-0.2, 0) is 6.42 Å². The third kappa shape index (κ3) is 3.52. The fraction of sp³-hybridized carbons (Fsp3) is 0.643. The summed E-state index contributed by atoms with van der Waals surface area (Å²) in [5.74, 6) is 0. The average Bonchev–Trinajstić information content (AvgIpc) is 2.60. The van der Waals surface area contributed by atoms with E-state index in [1.54, 1.807) is 0 Å². The van der Waals surface area contributed by atoms with Crippen LogP contribution in [0.5, 0.6) is 0 Å². The molecule has 0 amide bonds. The summed E-state index contributed by atoms with van der Waals surface area (Å²) in [7, 11) is 0. The zero-order valence-electron chi connectivity index (χ0n) is 10.7. The Morgan fingerprint density at radius 3 is 3.06 bits per heavy atom. The van der Waals surface area contributed by atoms with Crippen LogP contribution in [0.4, 0.5) is 0 Å². The molecule has 1 heterocycles. The van der Waals surface area contributed by atoms with E-state index < -0.39 is 0 Å². The van der Waals surface area contributed by atoms with Gasteiger partial charge in [-0.3, -0.25) is 4.98 Å². The van der Waals surface area contributed by atoms with E-state index in [0.29, 0.717) is 11.5 Å². The third-order valence-corrected chi connectivity index (χ3v) is 4.15. The number of hydrogen-bond acceptors (Lipinski definition) is 2. The van der Waals surface area contributed by atoms with Gasteiger partial charge in [-0.25, -0.2) is 0 Å². The summed E-state index contributed by atoms with van der Waals surface area (Å²) in [5.41, 5.74) is 1.79. The molecule has 1 saturated carbocycles. The van der Waals surface area contributed by atoms with E-state index >= 15 is 0 Å². The number of aromatic nitrogens is 1. The quantitative estimate of drug-likeness (QED) is 0.919. The van der Waals surface area contributed by atoms with E-state index in [4.69, 9.17) is 0 Å². The van der Waals surface area contributed by atoms with Gasteiger partial charge in [0.1, 0.15) is 0 Å². The lowest BCUT2D eigenvalue weighted by Gasteiger charge is -2.24. The second-order valence-corrected chi connectivity index (χ2v) is 6.41. The van der Waals surface area contributed by atoms with Gasteiger partial charge in [-0.2, -0.15) is 0 Å². The minimum absolute atomic E-state index is 0.440. The predicted octanol–water partition coefficient (Wildman–Crippen LogP) is 3.55. The Hall–Kier alpha value is -0.410. The summed E-state index contributed by atoms with van der Waals surface area (Å²) in [6.07, 6.45) is 8.90. The molecule has 2 nitrogen and oxygen atoms in total. The SMILES string of the molecule is CCNC1CCC(C)(Cc2cncc(Br)c2)C1. The Morgan fingerprint density at radius 1 is 1.53 bits per heavy atom. The van der Waals surface area contributed by atoms with Gasteiger partial charge in [-0.15, -0.1) is 0 Å². The molecule has 1 aliphatic rings. The Kier molecular flexibility index (Phi) is 4.21. The van der Waals surface area contributed by atoms with Gasteiger partial charge in [0.25, 0.3) is 0 Å². The predicted molar refractivity (Wildman–Crippen MR) is 75.1 cm³/mol. The van der Waals surface area contributed by atoms with E-state index in [1.165, 1.54) is 24.8 Å². The van der Waals surface area contributed by atoms with Crippen molar-refractivity contribution >= 4 is 15.9 Å². The van der Waals surface area contributed by atoms with Crippen LogP contribution in [0.3, 0.4) is 0 Å². The van der Waals surface area contributed by atoms with Crippen molar-refractivity contribution in [1.82, 2.24) is 10.3 Å². The first kappa shape index (κ1) is 13.0. The Labute approximate surface area is 112 Å². The first-order chi connectivity index (χ1) is 8.11. The largest absolute Gasteiger partial charge is 0.314 e. The van der Waals surface area contributed by atoms with Crippen LogP contribution in [0, 0.1) is 5.41 Å². The van der Waals surface area contributed by atoms with Gasteiger partial charge < -0.3 is 5.32 Å². The molecule has 0 radical (unpaired) electrons. The van der Waals surface area contributed by atoms with Gasteiger partial charge in [-0.05, 0) is 65.2 Å². The molecule has 0 bridgehead atoms. The number of halogens is 1. The fourth-order valence-corrected chi connectivity index (χ4v) is 3.40. The van der Waals surface area contributed by atoms with Crippen LogP contribution in [0.15, 0.2) is 22.9 Å². The normalized spacial score (nSPS) is 28.5. The summed E-state index contributed by atoms with van der Waals surface area (Å²) >= 11 is 3.49. The average molecular weight is 297 g/mol. The lowest BCUT2D eigenvalue weighted by molar-refractivity contribution is 0.322. The summed E-state index contributed by atoms with van der Waals surface area (Å²) < 4.78 is 1.08. The molecular formula is C14H21BrN2. The van der Waals surface area contributed by atoms with Crippen molar-refractivity contribution in [3.63, 3.8) is 0 Å². The zero-order valence-corrected chi connectivity index (χ0v) is 12.3. The molecule has 1 aromatic heterocycles. The van der Waals surface area contributed by atoms with Crippen LogP contribution in [0.25, 0.3) is 0 Å². The maximum Gasteiger partial charge on any atom is 0.0410 e. The fourth-order valence-electron chi connectivity index (χ4n) is 2.99. The van der Waals surface area contributed by atoms with E-state index in [1.807, 2.05) is 12.4 Å². The van der Waals surface area contributed by atoms with Crippen molar-refractivity contribution in [2.24, 2.45) is 5.41 Å². The lowest BCUT2D eigenvalue weighted by Crippen LogP contribution is -2.28. The Balaban J connectivity index is 1.99. The number of rotatable bonds is 4. The highest BCUT2D eigenvalue weighted by atomic mass is 79.9. The molecule has 2 rings (SSSR count). The van der Waals surface area contributed by atoms with Crippen molar-refractivity contribution in [2.45, 2.75) is 45.6 Å². The highest BCUT2D eigenvalue weighted by Gasteiger charge is 2.34. The minimum Gasteiger partial charge on any atom is -0.314 e. The number of nitrogens with zero attached hydrogens (tertiary/aromatic N) is 1. The van der Waals surface area contributed by atoms with Gasteiger partial charge >= 0.3 is 0 Å². The minimum atomic E-state index is 0.440. The van der Waals surface area contributed by atoms with E-state index in [9.17, 15) is 0 Å². The molecule has 94 valence electrons. The van der Waals surface area contributed by atoms with Gasteiger partial charge in [0.05, 0.1) is 0 Å². The molecule has 0 spiro atoms. The lowest BCUT2D eigenvalue weighted by atomic mass is 9.82. The monoisotopic (exact) mass is 296 g/mol. The molecule has 3 heteroatoms. The smallest absolute Gasteiger partial charge is 0.0410 e. The van der Waals surface area contributed by atoms with Gasteiger partial charge in [0.15, 0.2) is 0 Å². The molecule has 1 N–H and O–H groups in total. The first-order valence-corrected chi connectivity index (χ1v) is 7.23. The number of pyridine rings is 1. The maximum absolute atomic E-state index is 4.25. The highest BCUT2D eigenvalue weighted by Crippen LogP contribution is 2.40. The van der Waals surface area contributed by atoms with Gasteiger partial charge in [0, 0.05) is 22.9 Å². The van der Waals surface area contributed by atoms with Crippen LogP contribution in [0.1, 0.15) is 38.7 Å². The molecule has 0 saturated heterocycles. The molecule has 17 heavy (non-hydrogen) atoms. The van der Waals surface area contributed by atoms with E-state index in [-0.39, 0.29) is 0 Å². The topological polar surface area (TPSA) is 24.9 Å². The molecule has 1 aliphatic carbocycles. The van der Waals surface area contributed by atoms with Crippen LogP contribution >= 0.6 is 15.9 Å². The van der Waals surface area contributed by atoms with Crippen LogP contribution < -0.4 is 5.32 Å². The second-order valence-electron chi connectivity index (χ2n) is 5.50. The van der Waals surface area contributed by atoms with E-state index in [2.05, 4.69) is 46.1 Å². The summed E-state index contributed by atoms with van der Waals surface area (Å²) in [5, 5.41) is 3.57. The van der Waals surface area contributed by atoms with Crippen molar-refractivity contribution in [2.75, 3.05) is 6.54 Å². The molecule has 0 aliphatic heterocycles. The molecule has 2 unspecified atom stereocenters. The summed E-state index contributed by atoms with van der Waals surface area (Å²) in [6, 6.07) is 2.91. The van der Waals surface area contributed by atoms with Crippen LogP contribution in [-0.4, -0.2) is 17.6 Å². The Morgan fingerprint density at radius 2 is 2.35 bits per heavy atom. The molecular weight excluding hydrogens is 276 g/mol. The third-order valence-electron chi connectivity index (χ3n) is 3.72. The van der Waals surface area contributed by atoms with E-state index in [0.717, 1.165) is 17.4 Å². The van der Waals surface area contributed by atoms with Crippen molar-refractivity contribution < 1.29 is 0 Å². The molecule has 1 aromatic rings. The first-order valence-electron chi connectivity index (χ1n) is 6.44. The molecule has 2 atom stereocenters. The highest BCUT2D eigenvalue weighted by molar-refractivity contribution is 9.10. The molecule has 0 aromatic carbocycles. The van der Waals surface area contributed by atoms with Crippen molar-refractivity contribution in [3.05, 3.63) is 28.5 Å². The zero-order chi connectivity index (χ0) is 12.3. The number of nitrogens with one attached hydrogen (secondary N) is 1. The molecule has 1 fully saturated rings. The maximum atomic E-state index is 4.25. The summed E-state index contributed by atoms with van der Waals surface area (Å²) in [4.78, 5) is 4.25. The Bertz CT molecular complexity index is 380. The van der Waals surface area contributed by atoms with Crippen LogP contribution in [0.2, 0.25) is 0 Å². The van der Waals surface area contributed by atoms with Crippen molar-refractivity contribution in [3.8, 4) is 0 Å². The summed E-state index contributed by atoms with van der Waals surface area (Å²) in [6.45, 7) is 5.68. The van der Waals surface area contributed by atoms with Gasteiger partial charge in [-0.1, -0.05) is 13.8 Å².